The van der Waals surface area contributed by atoms with E-state index in [1.807, 2.05) is 5.32 Å². The van der Waals surface area contributed by atoms with Crippen LogP contribution in [0.5, 0.6) is 0 Å². The predicted octanol–water partition coefficient (Wildman–Crippen LogP) is 1.79. The molecule has 2 saturated heterocycles. The van der Waals surface area contributed by atoms with Gasteiger partial charge in [0.05, 0.1) is 19.3 Å². The number of rotatable bonds is 9. The summed E-state index contributed by atoms with van der Waals surface area (Å²) < 4.78 is 70.7. The summed E-state index contributed by atoms with van der Waals surface area (Å²) in [5, 5.41) is 4.47. The van der Waals surface area contributed by atoms with Gasteiger partial charge in [-0.1, -0.05) is 13.8 Å². The van der Waals surface area contributed by atoms with Gasteiger partial charge in [0, 0.05) is 30.8 Å². The third kappa shape index (κ3) is 7.00. The maximum absolute atomic E-state index is 13.7. The first-order chi connectivity index (χ1) is 19.1. The van der Waals surface area contributed by atoms with Gasteiger partial charge in [-0.2, -0.15) is 22.0 Å². The molecule has 10 nitrogen and oxygen atoms in total. The highest BCUT2D eigenvalue weighted by Gasteiger charge is 2.64. The van der Waals surface area contributed by atoms with Crippen molar-refractivity contribution in [3.63, 3.8) is 0 Å². The lowest BCUT2D eigenvalue weighted by atomic mass is 9.95. The number of carbonyl (C=O) groups excluding carboxylic acids is 5. The Balaban J connectivity index is 1.60. The molecule has 1 aromatic carbocycles. The van der Waals surface area contributed by atoms with Gasteiger partial charge in [0.1, 0.15) is 12.1 Å². The summed E-state index contributed by atoms with van der Waals surface area (Å²) in [5.41, 5.74) is 0.544. The summed E-state index contributed by atoms with van der Waals surface area (Å²) in [5.74, 6) is -11.9. The van der Waals surface area contributed by atoms with E-state index in [-0.39, 0.29) is 24.4 Å². The molecule has 2 heterocycles. The number of carbonyl (C=O) groups is 5. The van der Waals surface area contributed by atoms with E-state index in [2.05, 4.69) is 5.32 Å². The minimum absolute atomic E-state index is 0.0235. The number of ketones is 1. The zero-order chi connectivity index (χ0) is 30.7. The van der Waals surface area contributed by atoms with Gasteiger partial charge < -0.3 is 25.2 Å². The molecule has 3 rings (SSSR count). The summed E-state index contributed by atoms with van der Waals surface area (Å²) in [6.07, 6.45) is -6.04. The number of hydrogen-bond donors (Lipinski definition) is 2. The van der Waals surface area contributed by atoms with Gasteiger partial charge in [0.25, 0.3) is 11.8 Å². The van der Waals surface area contributed by atoms with Gasteiger partial charge in [0.2, 0.25) is 17.6 Å². The molecule has 2 aliphatic heterocycles. The molecule has 1 aromatic rings. The van der Waals surface area contributed by atoms with E-state index in [1.54, 1.807) is 4.90 Å². The molecule has 0 spiro atoms. The minimum Gasteiger partial charge on any atom is -0.378 e. The summed E-state index contributed by atoms with van der Waals surface area (Å²) in [7, 11) is 0. The van der Waals surface area contributed by atoms with Crippen molar-refractivity contribution in [1.82, 2.24) is 20.4 Å². The highest BCUT2D eigenvalue weighted by Crippen LogP contribution is 2.37. The number of nitrogens with zero attached hydrogens (tertiary/aromatic N) is 2. The Kier molecular flexibility index (Phi) is 9.72. The van der Waals surface area contributed by atoms with Crippen LogP contribution >= 0.6 is 0 Å². The first-order valence-corrected chi connectivity index (χ1v) is 12.9. The molecule has 1 unspecified atom stereocenters. The Labute approximate surface area is 232 Å². The lowest BCUT2D eigenvalue weighted by Gasteiger charge is -2.30. The zero-order valence-corrected chi connectivity index (χ0v) is 22.6. The highest BCUT2D eigenvalue weighted by molar-refractivity contribution is 6.01. The molecule has 2 N–H and O–H groups in total. The normalized spacial score (nSPS) is 19.6. The Morgan fingerprint density at radius 2 is 1.49 bits per heavy atom. The first-order valence-electron chi connectivity index (χ1n) is 12.9. The summed E-state index contributed by atoms with van der Waals surface area (Å²) in [6, 6.07) is 1.29. The Hall–Kier alpha value is -3.62. The van der Waals surface area contributed by atoms with Gasteiger partial charge in [0.15, 0.2) is 0 Å². The number of halogens is 5. The van der Waals surface area contributed by atoms with Crippen LogP contribution in [0.1, 0.15) is 47.9 Å². The Morgan fingerprint density at radius 1 is 0.927 bits per heavy atom. The molecule has 0 radical (unpaired) electrons. The molecule has 41 heavy (non-hydrogen) atoms. The van der Waals surface area contributed by atoms with Crippen molar-refractivity contribution in [2.75, 3.05) is 32.8 Å². The van der Waals surface area contributed by atoms with Gasteiger partial charge in [-0.3, -0.25) is 24.0 Å². The molecule has 0 bridgehead atoms. The fraction of sp³-hybridized carbons (Fsp3) is 0.577. The molecule has 0 aliphatic carbocycles. The van der Waals surface area contributed by atoms with Crippen LogP contribution in [-0.4, -0.2) is 102 Å². The lowest BCUT2D eigenvalue weighted by Crippen LogP contribution is -2.59. The van der Waals surface area contributed by atoms with Gasteiger partial charge >= 0.3 is 12.1 Å². The molecular formula is C26H31F5N4O6. The second-order valence-corrected chi connectivity index (χ2v) is 10.2. The van der Waals surface area contributed by atoms with E-state index < -0.39 is 59.6 Å². The number of likely N-dealkylation sites (tertiary alicyclic amines) is 1. The number of Topliss-reactive ketones (excluding diaryl/α,β-unsaturated/α-hetero) is 1. The van der Waals surface area contributed by atoms with Crippen LogP contribution in [0.25, 0.3) is 0 Å². The second kappa shape index (κ2) is 12.5. The average Bonchev–Trinajstić information content (AvgIpc) is 3.29. The third-order valence-electron chi connectivity index (χ3n) is 7.00. The van der Waals surface area contributed by atoms with Crippen molar-refractivity contribution in [3.8, 4) is 0 Å². The molecule has 2 fully saturated rings. The lowest BCUT2D eigenvalue weighted by molar-refractivity contribution is -0.270. The van der Waals surface area contributed by atoms with Crippen molar-refractivity contribution >= 4 is 29.4 Å². The van der Waals surface area contributed by atoms with E-state index >= 15 is 0 Å². The number of amides is 4. The van der Waals surface area contributed by atoms with Crippen LogP contribution in [-0.2, 0) is 19.1 Å². The molecule has 2 aliphatic rings. The van der Waals surface area contributed by atoms with E-state index in [0.29, 0.717) is 31.9 Å². The van der Waals surface area contributed by atoms with Crippen LogP contribution in [0.3, 0.4) is 0 Å². The maximum atomic E-state index is 13.7. The Bertz CT molecular complexity index is 1170. The van der Waals surface area contributed by atoms with Crippen LogP contribution in [0, 0.1) is 5.92 Å². The van der Waals surface area contributed by atoms with Gasteiger partial charge in [-0.25, -0.2) is 0 Å². The fourth-order valence-electron chi connectivity index (χ4n) is 4.46. The molecule has 226 valence electrons. The number of morpholine rings is 1. The largest absolute Gasteiger partial charge is 0.461 e. The van der Waals surface area contributed by atoms with Crippen molar-refractivity contribution in [3.05, 3.63) is 35.4 Å². The molecule has 4 amide bonds. The van der Waals surface area contributed by atoms with Crippen molar-refractivity contribution < 1.29 is 50.7 Å². The summed E-state index contributed by atoms with van der Waals surface area (Å²) in [4.78, 5) is 65.6. The van der Waals surface area contributed by atoms with Gasteiger partial charge in [-0.05, 0) is 43.5 Å². The second-order valence-electron chi connectivity index (χ2n) is 10.2. The SMILES string of the molecule is CC(C)C(NC(=O)[C@H](C)N1CC[C@@H](NC(=O)c2ccc(C(=O)N3CCOCC3)cc2)C1=O)C(=O)C(F)(F)C(F)(F)F. The van der Waals surface area contributed by atoms with Crippen molar-refractivity contribution in [2.24, 2.45) is 5.92 Å². The van der Waals surface area contributed by atoms with E-state index in [1.165, 1.54) is 45.0 Å². The van der Waals surface area contributed by atoms with Gasteiger partial charge in [-0.15, -0.1) is 0 Å². The minimum atomic E-state index is -6.14. The number of ether oxygens (including phenoxy) is 1. The first kappa shape index (κ1) is 31.9. The summed E-state index contributed by atoms with van der Waals surface area (Å²) in [6.45, 7) is 5.36. The Morgan fingerprint density at radius 3 is 2.02 bits per heavy atom. The number of alkyl halides is 5. The third-order valence-corrected chi connectivity index (χ3v) is 7.00. The standard InChI is InChI=1S/C26H31F5N4O6/c1-14(2)19(20(36)25(27,28)26(29,30)31)33-21(37)15(3)35-9-8-18(24(35)40)32-22(38)16-4-6-17(7-5-16)23(39)34-10-12-41-13-11-34/h4-7,14-15,18-19H,8-13H2,1-3H3,(H,32,38)(H,33,37)/t15-,18+,19?/m0/s1. The smallest absolute Gasteiger partial charge is 0.378 e. The number of nitrogens with one attached hydrogen (secondary N) is 2. The fourth-order valence-corrected chi connectivity index (χ4v) is 4.46. The van der Waals surface area contributed by atoms with E-state index in [9.17, 15) is 45.9 Å². The summed E-state index contributed by atoms with van der Waals surface area (Å²) >= 11 is 0. The number of benzene rings is 1. The zero-order valence-electron chi connectivity index (χ0n) is 22.6. The highest BCUT2D eigenvalue weighted by atomic mass is 19.4. The van der Waals surface area contributed by atoms with E-state index in [4.69, 9.17) is 4.74 Å². The molecule has 3 atom stereocenters. The molecule has 15 heteroatoms. The van der Waals surface area contributed by atoms with Crippen molar-refractivity contribution in [2.45, 2.75) is 57.4 Å². The average molecular weight is 591 g/mol. The van der Waals surface area contributed by atoms with Crippen molar-refractivity contribution in [1.29, 1.82) is 0 Å². The topological polar surface area (TPSA) is 125 Å². The maximum Gasteiger partial charge on any atom is 0.461 e. The van der Waals surface area contributed by atoms with Crippen LogP contribution in [0.15, 0.2) is 24.3 Å². The van der Waals surface area contributed by atoms with E-state index in [0.717, 1.165) is 4.90 Å². The number of hydrogen-bond acceptors (Lipinski definition) is 6. The quantitative estimate of drug-likeness (QED) is 0.423. The molecule has 0 saturated carbocycles. The predicted molar refractivity (Wildman–Crippen MR) is 133 cm³/mol. The molecular weight excluding hydrogens is 559 g/mol. The van der Waals surface area contributed by atoms with Crippen LogP contribution in [0.4, 0.5) is 22.0 Å². The van der Waals surface area contributed by atoms with Crippen LogP contribution in [0.2, 0.25) is 0 Å². The molecule has 0 aromatic heterocycles. The van der Waals surface area contributed by atoms with Crippen LogP contribution < -0.4 is 10.6 Å². The monoisotopic (exact) mass is 590 g/mol.